The molecule has 2 N–H and O–H groups in total. The van der Waals surface area contributed by atoms with Gasteiger partial charge in [-0.05, 0) is 44.9 Å². The SMILES string of the molecule is CCCOc1ccc(C2(C)NC(=NC(C)C)NC2=O)cc1. The van der Waals surface area contributed by atoms with Crippen LogP contribution in [0.3, 0.4) is 0 Å². The summed E-state index contributed by atoms with van der Waals surface area (Å²) < 4.78 is 5.56. The monoisotopic (exact) mass is 289 g/mol. The largest absolute Gasteiger partial charge is 0.494 e. The van der Waals surface area contributed by atoms with Crippen molar-refractivity contribution >= 4 is 11.9 Å². The number of aliphatic imine (C=N–C) groups is 1. The summed E-state index contributed by atoms with van der Waals surface area (Å²) in [6.45, 7) is 8.55. The Morgan fingerprint density at radius 2 is 1.95 bits per heavy atom. The summed E-state index contributed by atoms with van der Waals surface area (Å²) in [5, 5.41) is 5.97. The van der Waals surface area contributed by atoms with Crippen LogP contribution < -0.4 is 15.4 Å². The Balaban J connectivity index is 2.18. The summed E-state index contributed by atoms with van der Waals surface area (Å²) in [5.74, 6) is 1.26. The Morgan fingerprint density at radius 3 is 2.52 bits per heavy atom. The maximum absolute atomic E-state index is 12.3. The van der Waals surface area contributed by atoms with Crippen molar-refractivity contribution in [3.8, 4) is 5.75 Å². The summed E-state index contributed by atoms with van der Waals surface area (Å²) >= 11 is 0. The predicted molar refractivity (Wildman–Crippen MR) is 83.4 cm³/mol. The number of hydrogen-bond donors (Lipinski definition) is 2. The van der Waals surface area contributed by atoms with Gasteiger partial charge in [-0.3, -0.25) is 15.1 Å². The molecule has 21 heavy (non-hydrogen) atoms. The van der Waals surface area contributed by atoms with E-state index in [1.165, 1.54) is 0 Å². The van der Waals surface area contributed by atoms with Crippen molar-refractivity contribution in [1.82, 2.24) is 10.6 Å². The van der Waals surface area contributed by atoms with E-state index in [-0.39, 0.29) is 11.9 Å². The molecule has 1 saturated heterocycles. The number of hydrogen-bond acceptors (Lipinski definition) is 3. The van der Waals surface area contributed by atoms with E-state index in [0.29, 0.717) is 12.6 Å². The van der Waals surface area contributed by atoms with Crippen molar-refractivity contribution in [2.24, 2.45) is 4.99 Å². The molecule has 0 saturated carbocycles. The summed E-state index contributed by atoms with van der Waals surface area (Å²) in [6.07, 6.45) is 0.971. The van der Waals surface area contributed by atoms with Gasteiger partial charge in [0.25, 0.3) is 5.91 Å². The molecule has 0 aliphatic carbocycles. The highest BCUT2D eigenvalue weighted by Gasteiger charge is 2.42. The molecule has 1 aliphatic heterocycles. The Morgan fingerprint density at radius 1 is 1.29 bits per heavy atom. The molecule has 1 aliphatic rings. The summed E-state index contributed by atoms with van der Waals surface area (Å²) in [7, 11) is 0. The number of rotatable bonds is 5. The number of nitrogens with zero attached hydrogens (tertiary/aromatic N) is 1. The van der Waals surface area contributed by atoms with E-state index in [4.69, 9.17) is 4.74 Å². The zero-order valence-corrected chi connectivity index (χ0v) is 13.1. The third-order valence-electron chi connectivity index (χ3n) is 3.35. The topological polar surface area (TPSA) is 62.7 Å². The lowest BCUT2D eigenvalue weighted by atomic mass is 9.92. The van der Waals surface area contributed by atoms with Gasteiger partial charge in [-0.15, -0.1) is 0 Å². The molecule has 2 rings (SSSR count). The Hall–Kier alpha value is -2.04. The summed E-state index contributed by atoms with van der Waals surface area (Å²) in [5.41, 5.74) is 0.0922. The number of benzene rings is 1. The Bertz CT molecular complexity index is 537. The molecule has 0 bridgehead atoms. The average Bonchev–Trinajstić information content (AvgIpc) is 2.72. The van der Waals surface area contributed by atoms with Gasteiger partial charge in [-0.2, -0.15) is 0 Å². The highest BCUT2D eigenvalue weighted by molar-refractivity contribution is 6.09. The maximum atomic E-state index is 12.3. The third kappa shape index (κ3) is 3.35. The van der Waals surface area contributed by atoms with E-state index in [1.54, 1.807) is 0 Å². The van der Waals surface area contributed by atoms with E-state index in [1.807, 2.05) is 45.0 Å². The van der Waals surface area contributed by atoms with Gasteiger partial charge >= 0.3 is 0 Å². The van der Waals surface area contributed by atoms with Crippen molar-refractivity contribution in [3.63, 3.8) is 0 Å². The second kappa shape index (κ2) is 6.16. The minimum atomic E-state index is -0.795. The molecule has 1 aromatic carbocycles. The Kier molecular flexibility index (Phi) is 4.50. The lowest BCUT2D eigenvalue weighted by Gasteiger charge is -2.22. The molecule has 114 valence electrons. The first-order valence-corrected chi connectivity index (χ1v) is 7.36. The molecule has 1 aromatic rings. The van der Waals surface area contributed by atoms with Crippen molar-refractivity contribution in [1.29, 1.82) is 0 Å². The molecular weight excluding hydrogens is 266 g/mol. The first-order valence-electron chi connectivity index (χ1n) is 7.36. The first kappa shape index (κ1) is 15.4. The van der Waals surface area contributed by atoms with Crippen LogP contribution in [-0.4, -0.2) is 24.5 Å². The van der Waals surface area contributed by atoms with Crippen LogP contribution in [0.25, 0.3) is 0 Å². The molecule has 5 heteroatoms. The van der Waals surface area contributed by atoms with Gasteiger partial charge in [0, 0.05) is 6.04 Å². The van der Waals surface area contributed by atoms with E-state index < -0.39 is 5.54 Å². The van der Waals surface area contributed by atoms with Gasteiger partial charge in [0.1, 0.15) is 11.3 Å². The number of amides is 1. The number of ether oxygens (including phenoxy) is 1. The lowest BCUT2D eigenvalue weighted by molar-refractivity contribution is -0.123. The summed E-state index contributed by atoms with van der Waals surface area (Å²) in [6, 6.07) is 7.73. The van der Waals surface area contributed by atoms with E-state index in [2.05, 4.69) is 22.5 Å². The first-order chi connectivity index (χ1) is 9.95. The summed E-state index contributed by atoms with van der Waals surface area (Å²) in [4.78, 5) is 16.6. The zero-order valence-electron chi connectivity index (χ0n) is 13.1. The molecule has 1 amide bonds. The zero-order chi connectivity index (χ0) is 15.5. The molecule has 1 unspecified atom stereocenters. The molecule has 0 aromatic heterocycles. The lowest BCUT2D eigenvalue weighted by Crippen LogP contribution is -2.40. The quantitative estimate of drug-likeness (QED) is 0.873. The van der Waals surface area contributed by atoms with Crippen LogP contribution in [0.4, 0.5) is 0 Å². The average molecular weight is 289 g/mol. The van der Waals surface area contributed by atoms with Gasteiger partial charge in [-0.25, -0.2) is 0 Å². The highest BCUT2D eigenvalue weighted by atomic mass is 16.5. The number of carbonyl (C=O) groups is 1. The van der Waals surface area contributed by atoms with Crippen LogP contribution in [-0.2, 0) is 10.3 Å². The van der Waals surface area contributed by atoms with Gasteiger partial charge in [0.2, 0.25) is 0 Å². The van der Waals surface area contributed by atoms with Crippen molar-refractivity contribution in [2.45, 2.75) is 45.7 Å². The van der Waals surface area contributed by atoms with Gasteiger partial charge in [-0.1, -0.05) is 19.1 Å². The standard InChI is InChI=1S/C16H23N3O2/c1-5-10-21-13-8-6-12(7-9-13)16(4)14(20)18-15(19-16)17-11(2)3/h6-9,11H,5,10H2,1-4H3,(H2,17,18,19,20). The fraction of sp³-hybridized carbons (Fsp3) is 0.500. The van der Waals surface area contributed by atoms with Crippen LogP contribution in [0.15, 0.2) is 29.3 Å². The van der Waals surface area contributed by atoms with Gasteiger partial charge in [0.05, 0.1) is 6.61 Å². The minimum absolute atomic E-state index is 0.0934. The van der Waals surface area contributed by atoms with Crippen molar-refractivity contribution in [3.05, 3.63) is 29.8 Å². The second-order valence-corrected chi connectivity index (χ2v) is 5.65. The van der Waals surface area contributed by atoms with Crippen LogP contribution in [0.1, 0.15) is 39.7 Å². The molecule has 5 nitrogen and oxygen atoms in total. The molecule has 1 fully saturated rings. The van der Waals surface area contributed by atoms with Gasteiger partial charge < -0.3 is 10.1 Å². The Labute approximate surface area is 125 Å². The highest BCUT2D eigenvalue weighted by Crippen LogP contribution is 2.26. The van der Waals surface area contributed by atoms with Gasteiger partial charge in [0.15, 0.2) is 5.96 Å². The van der Waals surface area contributed by atoms with E-state index in [0.717, 1.165) is 17.7 Å². The third-order valence-corrected chi connectivity index (χ3v) is 3.35. The fourth-order valence-corrected chi connectivity index (χ4v) is 2.19. The molecule has 1 heterocycles. The molecule has 0 radical (unpaired) electrons. The smallest absolute Gasteiger partial charge is 0.256 e. The van der Waals surface area contributed by atoms with Crippen LogP contribution in [0.2, 0.25) is 0 Å². The molecule has 0 spiro atoms. The van der Waals surface area contributed by atoms with Crippen LogP contribution >= 0.6 is 0 Å². The fourth-order valence-electron chi connectivity index (χ4n) is 2.19. The van der Waals surface area contributed by atoms with Crippen LogP contribution in [0.5, 0.6) is 5.75 Å². The number of carbonyl (C=O) groups excluding carboxylic acids is 1. The predicted octanol–water partition coefficient (Wildman–Crippen LogP) is 2.17. The van der Waals surface area contributed by atoms with Crippen molar-refractivity contribution < 1.29 is 9.53 Å². The maximum Gasteiger partial charge on any atom is 0.256 e. The molecular formula is C16H23N3O2. The van der Waals surface area contributed by atoms with Crippen molar-refractivity contribution in [2.75, 3.05) is 6.61 Å². The van der Waals surface area contributed by atoms with Crippen LogP contribution in [0, 0.1) is 0 Å². The van der Waals surface area contributed by atoms with E-state index in [9.17, 15) is 4.79 Å². The number of nitrogens with one attached hydrogen (secondary N) is 2. The minimum Gasteiger partial charge on any atom is -0.494 e. The normalized spacial score (nSPS) is 23.3. The molecule has 1 atom stereocenters. The van der Waals surface area contributed by atoms with E-state index >= 15 is 0 Å². The number of guanidine groups is 1. The second-order valence-electron chi connectivity index (χ2n) is 5.65.